The van der Waals surface area contributed by atoms with Crippen LogP contribution in [-0.2, 0) is 0 Å². The summed E-state index contributed by atoms with van der Waals surface area (Å²) in [5.74, 6) is 1.33. The molecule has 3 rings (SSSR count). The molecule has 0 aliphatic carbocycles. The van der Waals surface area contributed by atoms with Crippen molar-refractivity contribution in [3.63, 3.8) is 0 Å². The van der Waals surface area contributed by atoms with Crippen LogP contribution in [0.25, 0.3) is 22.7 Å². The highest BCUT2D eigenvalue weighted by molar-refractivity contribution is 5.74. The van der Waals surface area contributed by atoms with Crippen LogP contribution in [0.2, 0.25) is 0 Å². The van der Waals surface area contributed by atoms with Gasteiger partial charge in [-0.1, -0.05) is 0 Å². The highest BCUT2D eigenvalue weighted by Crippen LogP contribution is 2.21. The molecule has 5 heteroatoms. The molecule has 0 amide bonds. The minimum atomic E-state index is 0.660. The molecule has 0 bridgehead atoms. The number of imidazole rings is 1. The molecule has 3 heterocycles. The van der Waals surface area contributed by atoms with Gasteiger partial charge in [0, 0.05) is 6.20 Å². The minimum Gasteiger partial charge on any atom is -0.440 e. The molecule has 0 atom stereocenters. The maximum Gasteiger partial charge on any atom is 0.192 e. The zero-order valence-corrected chi connectivity index (χ0v) is 8.06. The van der Waals surface area contributed by atoms with Gasteiger partial charge in [-0.15, -0.1) is 0 Å². The van der Waals surface area contributed by atoms with Gasteiger partial charge in [-0.05, 0) is 19.1 Å². The predicted octanol–water partition coefficient (Wildman–Crippen LogP) is 1.92. The monoisotopic (exact) mass is 200 g/mol. The molecule has 74 valence electrons. The van der Waals surface area contributed by atoms with Crippen molar-refractivity contribution in [2.75, 3.05) is 0 Å². The highest BCUT2D eigenvalue weighted by Gasteiger charge is 2.11. The number of hydrogen-bond acceptors (Lipinski definition) is 4. The molecule has 1 N–H and O–H groups in total. The average Bonchev–Trinajstić information content (AvgIpc) is 2.82. The van der Waals surface area contributed by atoms with Crippen LogP contribution < -0.4 is 0 Å². The Hall–Kier alpha value is -2.17. The number of H-pyrrole nitrogens is 1. The van der Waals surface area contributed by atoms with Gasteiger partial charge in [0.05, 0.1) is 11.2 Å². The van der Waals surface area contributed by atoms with Crippen molar-refractivity contribution in [1.29, 1.82) is 0 Å². The number of rotatable bonds is 1. The molecule has 0 radical (unpaired) electrons. The Morgan fingerprint density at radius 1 is 1.33 bits per heavy atom. The molecular formula is C10H8N4O. The van der Waals surface area contributed by atoms with Gasteiger partial charge in [0.25, 0.3) is 0 Å². The number of oxazole rings is 1. The molecule has 0 aliphatic heterocycles. The number of hydrogen-bond donors (Lipinski definition) is 1. The molecule has 15 heavy (non-hydrogen) atoms. The second-order valence-electron chi connectivity index (χ2n) is 3.23. The Bertz CT molecular complexity index is 577. The molecule has 0 saturated heterocycles. The van der Waals surface area contributed by atoms with Crippen molar-refractivity contribution in [3.05, 3.63) is 30.4 Å². The first-order valence-electron chi connectivity index (χ1n) is 4.56. The smallest absolute Gasteiger partial charge is 0.192 e. The van der Waals surface area contributed by atoms with Crippen LogP contribution in [0.3, 0.4) is 0 Å². The van der Waals surface area contributed by atoms with Crippen LogP contribution >= 0.6 is 0 Å². The Balaban J connectivity index is 2.24. The number of nitrogens with zero attached hydrogens (tertiary/aromatic N) is 3. The highest BCUT2D eigenvalue weighted by atomic mass is 16.3. The first-order chi connectivity index (χ1) is 7.34. The molecule has 0 unspecified atom stereocenters. The number of aromatic amines is 1. The van der Waals surface area contributed by atoms with Crippen molar-refractivity contribution in [2.24, 2.45) is 0 Å². The number of pyridine rings is 1. The topological polar surface area (TPSA) is 67.6 Å². The Morgan fingerprint density at radius 3 is 3.00 bits per heavy atom. The Labute approximate surface area is 85.2 Å². The lowest BCUT2D eigenvalue weighted by atomic mass is 10.3. The molecule has 5 nitrogen and oxygen atoms in total. The third kappa shape index (κ3) is 1.20. The van der Waals surface area contributed by atoms with Crippen LogP contribution in [0.5, 0.6) is 0 Å². The van der Waals surface area contributed by atoms with Gasteiger partial charge in [0.15, 0.2) is 23.6 Å². The van der Waals surface area contributed by atoms with Crippen LogP contribution in [0.15, 0.2) is 29.1 Å². The molecule has 0 spiro atoms. The summed E-state index contributed by atoms with van der Waals surface area (Å²) in [5, 5.41) is 0. The lowest BCUT2D eigenvalue weighted by Gasteiger charge is -1.88. The lowest BCUT2D eigenvalue weighted by Crippen LogP contribution is -1.80. The first kappa shape index (κ1) is 8.16. The molecule has 0 fully saturated rings. The summed E-state index contributed by atoms with van der Waals surface area (Å²) >= 11 is 0. The van der Waals surface area contributed by atoms with E-state index in [1.807, 2.05) is 19.1 Å². The van der Waals surface area contributed by atoms with Crippen molar-refractivity contribution < 1.29 is 4.42 Å². The Morgan fingerprint density at radius 2 is 2.27 bits per heavy atom. The second kappa shape index (κ2) is 2.91. The summed E-state index contributed by atoms with van der Waals surface area (Å²) in [6.07, 6.45) is 3.12. The van der Waals surface area contributed by atoms with Crippen molar-refractivity contribution >= 4 is 11.2 Å². The standard InChI is InChI=1S/C10H8N4O/c1-6-8(15-5-12-6)10-13-7-3-2-4-11-9(7)14-10/h2-5H,1H3,(H,11,13,14). The van der Waals surface area contributed by atoms with E-state index >= 15 is 0 Å². The molecule has 0 aromatic carbocycles. The van der Waals surface area contributed by atoms with Crippen molar-refractivity contribution in [3.8, 4) is 11.6 Å². The van der Waals surface area contributed by atoms with E-state index in [9.17, 15) is 0 Å². The first-order valence-corrected chi connectivity index (χ1v) is 4.56. The summed E-state index contributed by atoms with van der Waals surface area (Å²) in [7, 11) is 0. The molecule has 3 aromatic rings. The van der Waals surface area contributed by atoms with Gasteiger partial charge >= 0.3 is 0 Å². The van der Waals surface area contributed by atoms with Gasteiger partial charge in [-0.25, -0.2) is 15.0 Å². The van der Waals surface area contributed by atoms with Gasteiger partial charge in [-0.2, -0.15) is 0 Å². The normalized spacial score (nSPS) is 11.0. The van der Waals surface area contributed by atoms with E-state index in [-0.39, 0.29) is 0 Å². The van der Waals surface area contributed by atoms with Gasteiger partial charge in [-0.3, -0.25) is 0 Å². The molecule has 0 aliphatic rings. The van der Waals surface area contributed by atoms with E-state index in [0.717, 1.165) is 11.2 Å². The maximum absolute atomic E-state index is 5.25. The van der Waals surface area contributed by atoms with Crippen LogP contribution in [0.4, 0.5) is 0 Å². The fraction of sp³-hybridized carbons (Fsp3) is 0.100. The van der Waals surface area contributed by atoms with Crippen LogP contribution in [0, 0.1) is 6.92 Å². The number of aromatic nitrogens is 4. The SMILES string of the molecule is Cc1ncoc1-c1nc2ncccc2[nH]1. The summed E-state index contributed by atoms with van der Waals surface area (Å²) in [4.78, 5) is 15.6. The van der Waals surface area contributed by atoms with Crippen molar-refractivity contribution in [1.82, 2.24) is 19.9 Å². The predicted molar refractivity (Wildman–Crippen MR) is 54.1 cm³/mol. The van der Waals surface area contributed by atoms with E-state index in [0.29, 0.717) is 17.2 Å². The van der Waals surface area contributed by atoms with Gasteiger partial charge in [0.2, 0.25) is 0 Å². The van der Waals surface area contributed by atoms with Crippen molar-refractivity contribution in [2.45, 2.75) is 6.92 Å². The van der Waals surface area contributed by atoms with E-state index in [4.69, 9.17) is 4.42 Å². The number of aryl methyl sites for hydroxylation is 1. The fourth-order valence-electron chi connectivity index (χ4n) is 1.48. The average molecular weight is 200 g/mol. The van der Waals surface area contributed by atoms with E-state index in [2.05, 4.69) is 19.9 Å². The summed E-state index contributed by atoms with van der Waals surface area (Å²) in [5.41, 5.74) is 2.39. The quantitative estimate of drug-likeness (QED) is 0.651. The Kier molecular flexibility index (Phi) is 1.58. The summed E-state index contributed by atoms with van der Waals surface area (Å²) in [6.45, 7) is 1.87. The third-order valence-corrected chi connectivity index (χ3v) is 2.22. The number of fused-ring (bicyclic) bond motifs is 1. The van der Waals surface area contributed by atoms with Crippen LogP contribution in [-0.4, -0.2) is 19.9 Å². The zero-order chi connectivity index (χ0) is 10.3. The van der Waals surface area contributed by atoms with E-state index in [1.54, 1.807) is 6.20 Å². The minimum absolute atomic E-state index is 0.660. The molecule has 0 saturated carbocycles. The summed E-state index contributed by atoms with van der Waals surface area (Å²) < 4.78 is 5.25. The second-order valence-corrected chi connectivity index (χ2v) is 3.23. The zero-order valence-electron chi connectivity index (χ0n) is 8.06. The largest absolute Gasteiger partial charge is 0.440 e. The molecular weight excluding hydrogens is 192 g/mol. The van der Waals surface area contributed by atoms with Gasteiger partial charge < -0.3 is 9.40 Å². The lowest BCUT2D eigenvalue weighted by molar-refractivity contribution is 0.567. The van der Waals surface area contributed by atoms with E-state index in [1.165, 1.54) is 6.39 Å². The van der Waals surface area contributed by atoms with E-state index < -0.39 is 0 Å². The fourth-order valence-corrected chi connectivity index (χ4v) is 1.48. The summed E-state index contributed by atoms with van der Waals surface area (Å²) in [6, 6.07) is 3.78. The number of nitrogens with one attached hydrogen (secondary N) is 1. The molecule has 3 aromatic heterocycles. The van der Waals surface area contributed by atoms with Gasteiger partial charge in [0.1, 0.15) is 0 Å². The third-order valence-electron chi connectivity index (χ3n) is 2.22. The van der Waals surface area contributed by atoms with Crippen LogP contribution in [0.1, 0.15) is 5.69 Å². The maximum atomic E-state index is 5.25.